The second-order valence-electron chi connectivity index (χ2n) is 15.1. The first kappa shape index (κ1) is 41.3. The quantitative estimate of drug-likeness (QED) is 0.139. The summed E-state index contributed by atoms with van der Waals surface area (Å²) >= 11 is 0. The van der Waals surface area contributed by atoms with E-state index in [9.17, 15) is 19.2 Å². The van der Waals surface area contributed by atoms with Crippen molar-refractivity contribution in [3.63, 3.8) is 0 Å². The minimum atomic E-state index is -1.08. The van der Waals surface area contributed by atoms with E-state index in [0.29, 0.717) is 18.4 Å². The molecule has 2 aromatic rings. The highest BCUT2D eigenvalue weighted by atomic mass is 16.6. The molecule has 0 saturated heterocycles. The zero-order chi connectivity index (χ0) is 36.9. The summed E-state index contributed by atoms with van der Waals surface area (Å²) in [7, 11) is 0. The fourth-order valence-corrected chi connectivity index (χ4v) is 5.45. The third kappa shape index (κ3) is 13.9. The molecule has 0 aliphatic rings. The number of amides is 3. The van der Waals surface area contributed by atoms with E-state index in [4.69, 9.17) is 9.47 Å². The molecule has 9 heteroatoms. The highest BCUT2D eigenvalue weighted by molar-refractivity contribution is 5.94. The molecular weight excluding hydrogens is 618 g/mol. The minimum absolute atomic E-state index is 0.210. The van der Waals surface area contributed by atoms with E-state index in [2.05, 4.69) is 17.6 Å². The van der Waals surface area contributed by atoms with E-state index < -0.39 is 47.3 Å². The maximum atomic E-state index is 14.8. The molecule has 0 fully saturated rings. The van der Waals surface area contributed by atoms with Crippen molar-refractivity contribution in [1.29, 1.82) is 0 Å². The summed E-state index contributed by atoms with van der Waals surface area (Å²) in [5.41, 5.74) is 1.95. The first-order valence-electron chi connectivity index (χ1n) is 17.8. The lowest BCUT2D eigenvalue weighted by Crippen LogP contribution is -2.56. The van der Waals surface area contributed by atoms with Crippen LogP contribution >= 0.6 is 0 Å². The van der Waals surface area contributed by atoms with Gasteiger partial charge in [0.05, 0.1) is 0 Å². The normalized spacial score (nSPS) is 14.2. The Balaban J connectivity index is 2.69. The van der Waals surface area contributed by atoms with Gasteiger partial charge in [0.1, 0.15) is 29.3 Å². The van der Waals surface area contributed by atoms with Gasteiger partial charge in [0.15, 0.2) is 0 Å². The third-order valence-electron chi connectivity index (χ3n) is 8.38. The number of hydrogen-bond donors (Lipinski definition) is 2. The largest absolute Gasteiger partial charge is 0.458 e. The second-order valence-corrected chi connectivity index (χ2v) is 15.1. The van der Waals surface area contributed by atoms with Crippen LogP contribution in [-0.2, 0) is 30.3 Å². The van der Waals surface area contributed by atoms with Crippen LogP contribution in [0.1, 0.15) is 123 Å². The number of rotatable bonds is 16. The zero-order valence-corrected chi connectivity index (χ0v) is 31.8. The monoisotopic (exact) mass is 679 g/mol. The molecule has 0 spiro atoms. The third-order valence-corrected chi connectivity index (χ3v) is 8.38. The predicted molar refractivity (Wildman–Crippen MR) is 195 cm³/mol. The van der Waals surface area contributed by atoms with Crippen LogP contribution in [0, 0.1) is 19.8 Å². The Morgan fingerprint density at radius 1 is 0.796 bits per heavy atom. The molecule has 0 aliphatic heterocycles. The van der Waals surface area contributed by atoms with Gasteiger partial charge in [-0.3, -0.25) is 9.59 Å². The summed E-state index contributed by atoms with van der Waals surface area (Å²) in [6.07, 6.45) is 3.62. The molecule has 0 heterocycles. The maximum Gasteiger partial charge on any atom is 0.408 e. The minimum Gasteiger partial charge on any atom is -0.458 e. The van der Waals surface area contributed by atoms with E-state index in [1.54, 1.807) is 46.4 Å². The van der Waals surface area contributed by atoms with Gasteiger partial charge in [0.2, 0.25) is 11.8 Å². The molecular formula is C40H61N3O6. The van der Waals surface area contributed by atoms with Crippen molar-refractivity contribution < 1.29 is 28.7 Å². The maximum absolute atomic E-state index is 14.8. The van der Waals surface area contributed by atoms with Crippen LogP contribution < -0.4 is 10.6 Å². The molecule has 0 saturated carbocycles. The number of nitrogens with zero attached hydrogens (tertiary/aromatic N) is 1. The number of unbranched alkanes of at least 4 members (excludes halogenated alkanes) is 3. The number of carbonyl (C=O) groups is 4. The van der Waals surface area contributed by atoms with Gasteiger partial charge in [0, 0.05) is 13.0 Å². The lowest BCUT2D eigenvalue weighted by Gasteiger charge is -2.37. The molecule has 272 valence electrons. The average Bonchev–Trinajstić information content (AvgIpc) is 3.00. The number of benzene rings is 2. The van der Waals surface area contributed by atoms with Crippen LogP contribution in [-0.4, -0.2) is 58.6 Å². The van der Waals surface area contributed by atoms with Crippen LogP contribution in [0.15, 0.2) is 48.5 Å². The van der Waals surface area contributed by atoms with Crippen molar-refractivity contribution in [2.24, 2.45) is 5.92 Å². The van der Waals surface area contributed by atoms with Crippen molar-refractivity contribution in [3.05, 3.63) is 70.8 Å². The predicted octanol–water partition coefficient (Wildman–Crippen LogP) is 7.76. The molecule has 49 heavy (non-hydrogen) atoms. The number of alkyl carbamates (subject to hydrolysis) is 1. The van der Waals surface area contributed by atoms with E-state index in [-0.39, 0.29) is 24.8 Å². The molecule has 2 N–H and O–H groups in total. The van der Waals surface area contributed by atoms with Crippen molar-refractivity contribution in [2.45, 2.75) is 144 Å². The standard InChI is InChI=1S/C40H61N3O6/c1-12-14-15-19-24-43(36(45)33(27(3)13-2)42-38(47)49-40(9,10)11)34(31-23-22-28(4)29(5)25-31)35(44)41-32(37(46)48-39(6,7)8)26-30-20-17-16-18-21-30/h16-18,20-23,25,27,32-34H,12-15,19,24,26H2,1-11H3,(H,41,44)(H,42,47). The van der Waals surface area contributed by atoms with E-state index in [0.717, 1.165) is 36.0 Å². The van der Waals surface area contributed by atoms with E-state index in [1.165, 1.54) is 0 Å². The zero-order valence-electron chi connectivity index (χ0n) is 31.8. The topological polar surface area (TPSA) is 114 Å². The highest BCUT2D eigenvalue weighted by Crippen LogP contribution is 2.28. The number of ether oxygens (including phenoxy) is 2. The SMILES string of the molecule is CCCCCCN(C(=O)C(NC(=O)OC(C)(C)C)C(C)CC)C(C(=O)NC(Cc1ccccc1)C(=O)OC(C)(C)C)c1ccc(C)c(C)c1. The summed E-state index contributed by atoms with van der Waals surface area (Å²) in [6, 6.07) is 12.1. The first-order chi connectivity index (χ1) is 22.9. The molecule has 9 nitrogen and oxygen atoms in total. The molecule has 3 amide bonds. The Hall–Kier alpha value is -3.88. The Labute approximate surface area is 294 Å². The smallest absolute Gasteiger partial charge is 0.408 e. The van der Waals surface area contributed by atoms with Crippen molar-refractivity contribution in [1.82, 2.24) is 15.5 Å². The Bertz CT molecular complexity index is 1380. The van der Waals surface area contributed by atoms with Gasteiger partial charge < -0.3 is 25.0 Å². The van der Waals surface area contributed by atoms with Crippen molar-refractivity contribution in [3.8, 4) is 0 Å². The van der Waals surface area contributed by atoms with Crippen molar-refractivity contribution >= 4 is 23.9 Å². The summed E-state index contributed by atoms with van der Waals surface area (Å²) in [6.45, 7) is 20.9. The summed E-state index contributed by atoms with van der Waals surface area (Å²) < 4.78 is 11.3. The Morgan fingerprint density at radius 2 is 1.43 bits per heavy atom. The number of carbonyl (C=O) groups excluding carboxylic acids is 4. The molecule has 4 atom stereocenters. The van der Waals surface area contributed by atoms with Gasteiger partial charge in [-0.1, -0.05) is 95.0 Å². The van der Waals surface area contributed by atoms with Gasteiger partial charge in [-0.25, -0.2) is 9.59 Å². The van der Waals surface area contributed by atoms with Crippen molar-refractivity contribution in [2.75, 3.05) is 6.54 Å². The highest BCUT2D eigenvalue weighted by Gasteiger charge is 2.39. The fraction of sp³-hybridized carbons (Fsp3) is 0.600. The lowest BCUT2D eigenvalue weighted by atomic mass is 9.94. The summed E-state index contributed by atoms with van der Waals surface area (Å²) in [5.74, 6) is -1.70. The van der Waals surface area contributed by atoms with Crippen LogP contribution in [0.2, 0.25) is 0 Å². The Kier molecular flexibility index (Phi) is 15.8. The lowest BCUT2D eigenvalue weighted by molar-refractivity contribution is -0.159. The van der Waals surface area contributed by atoms with Crippen LogP contribution in [0.3, 0.4) is 0 Å². The second kappa shape index (κ2) is 18.8. The summed E-state index contributed by atoms with van der Waals surface area (Å²) in [4.78, 5) is 57.7. The van der Waals surface area contributed by atoms with Gasteiger partial charge >= 0.3 is 12.1 Å². The number of esters is 1. The van der Waals surface area contributed by atoms with Gasteiger partial charge in [-0.15, -0.1) is 0 Å². The van der Waals surface area contributed by atoms with E-state index >= 15 is 0 Å². The molecule has 2 rings (SSSR count). The summed E-state index contributed by atoms with van der Waals surface area (Å²) in [5, 5.41) is 5.82. The number of nitrogens with one attached hydrogen (secondary N) is 2. The van der Waals surface area contributed by atoms with Crippen LogP contribution in [0.4, 0.5) is 4.79 Å². The molecule has 2 aromatic carbocycles. The first-order valence-corrected chi connectivity index (χ1v) is 17.8. The molecule has 4 unspecified atom stereocenters. The Morgan fingerprint density at radius 3 is 1.98 bits per heavy atom. The van der Waals surface area contributed by atoms with E-state index in [1.807, 2.05) is 76.2 Å². The van der Waals surface area contributed by atoms with Gasteiger partial charge in [-0.2, -0.15) is 0 Å². The molecule has 0 radical (unpaired) electrons. The number of hydrogen-bond acceptors (Lipinski definition) is 6. The van der Waals surface area contributed by atoms with Gasteiger partial charge in [0.25, 0.3) is 0 Å². The average molecular weight is 680 g/mol. The molecule has 0 bridgehead atoms. The number of aryl methyl sites for hydroxylation is 2. The molecule has 0 aliphatic carbocycles. The van der Waals surface area contributed by atoms with Crippen LogP contribution in [0.25, 0.3) is 0 Å². The van der Waals surface area contributed by atoms with Gasteiger partial charge in [-0.05, 0) is 90.0 Å². The fourth-order valence-electron chi connectivity index (χ4n) is 5.45. The molecule has 0 aromatic heterocycles. The van der Waals surface area contributed by atoms with Crippen LogP contribution in [0.5, 0.6) is 0 Å².